The number of fused-ring (bicyclic) bond motifs is 1. The van der Waals surface area contributed by atoms with Crippen molar-refractivity contribution in [1.29, 1.82) is 0 Å². The summed E-state index contributed by atoms with van der Waals surface area (Å²) in [5, 5.41) is 9.15. The number of hydrogen-bond acceptors (Lipinski definition) is 3. The maximum Gasteiger partial charge on any atom is 0.336 e. The van der Waals surface area contributed by atoms with Gasteiger partial charge >= 0.3 is 5.97 Å². The lowest BCUT2D eigenvalue weighted by atomic mass is 10.0. The molecular weight excluding hydrogens is 236 g/mol. The van der Waals surface area contributed by atoms with E-state index in [2.05, 4.69) is 0 Å². The van der Waals surface area contributed by atoms with Gasteiger partial charge in [0.25, 0.3) is 0 Å². The number of hydrogen-bond donors (Lipinski definition) is 1. The molecule has 92 valence electrons. The van der Waals surface area contributed by atoms with Gasteiger partial charge in [0.05, 0.1) is 10.5 Å². The Hall–Kier alpha value is -1.16. The van der Waals surface area contributed by atoms with Crippen molar-refractivity contribution in [2.24, 2.45) is 0 Å². The van der Waals surface area contributed by atoms with Gasteiger partial charge in [0.1, 0.15) is 11.4 Å². The number of carboxylic acid groups (broad SMARTS) is 1. The van der Waals surface area contributed by atoms with E-state index in [0.717, 1.165) is 22.0 Å². The zero-order chi connectivity index (χ0) is 12.6. The zero-order valence-electron chi connectivity index (χ0n) is 10.2. The molecule has 17 heavy (non-hydrogen) atoms. The molecule has 1 aromatic rings. The van der Waals surface area contributed by atoms with Crippen molar-refractivity contribution >= 4 is 17.7 Å². The minimum atomic E-state index is -0.866. The summed E-state index contributed by atoms with van der Waals surface area (Å²) in [7, 11) is 0. The van der Waals surface area contributed by atoms with Crippen LogP contribution in [0.25, 0.3) is 0 Å². The molecule has 0 spiro atoms. The molecule has 3 nitrogen and oxygen atoms in total. The molecule has 0 aromatic heterocycles. The molecule has 0 radical (unpaired) electrons. The SMILES string of the molecule is CCc1cc2c(cc1C(=O)O)SCC(C)(C)O2. The Labute approximate surface area is 105 Å². The van der Waals surface area contributed by atoms with Crippen LogP contribution in [0.1, 0.15) is 36.7 Å². The Bertz CT molecular complexity index is 466. The van der Waals surface area contributed by atoms with E-state index in [1.165, 1.54) is 0 Å². The van der Waals surface area contributed by atoms with Crippen LogP contribution in [-0.4, -0.2) is 22.4 Å². The summed E-state index contributed by atoms with van der Waals surface area (Å²) in [5.41, 5.74) is 1.03. The third kappa shape index (κ3) is 2.41. The predicted octanol–water partition coefficient (Wildman–Crippen LogP) is 3.21. The summed E-state index contributed by atoms with van der Waals surface area (Å²) >= 11 is 1.66. The molecule has 0 unspecified atom stereocenters. The minimum absolute atomic E-state index is 0.187. The lowest BCUT2D eigenvalue weighted by molar-refractivity contribution is 0.0695. The van der Waals surface area contributed by atoms with Crippen LogP contribution in [0.2, 0.25) is 0 Å². The van der Waals surface area contributed by atoms with Crippen LogP contribution in [0.5, 0.6) is 5.75 Å². The molecule has 0 aliphatic carbocycles. The number of carboxylic acids is 1. The van der Waals surface area contributed by atoms with Gasteiger partial charge in [0.2, 0.25) is 0 Å². The zero-order valence-corrected chi connectivity index (χ0v) is 11.1. The average Bonchev–Trinajstić information content (AvgIpc) is 2.25. The summed E-state index contributed by atoms with van der Waals surface area (Å²) in [6.45, 7) is 6.04. The fourth-order valence-electron chi connectivity index (χ4n) is 1.86. The Morgan fingerprint density at radius 3 is 2.82 bits per heavy atom. The molecule has 1 aliphatic heterocycles. The van der Waals surface area contributed by atoms with E-state index in [0.29, 0.717) is 12.0 Å². The number of ether oxygens (including phenoxy) is 1. The molecule has 0 fully saturated rings. The standard InChI is InChI=1S/C13H16O3S/c1-4-8-5-10-11(6-9(8)12(14)15)17-7-13(2,3)16-10/h5-6H,4,7H2,1-3H3,(H,14,15). The van der Waals surface area contributed by atoms with E-state index in [1.807, 2.05) is 26.8 Å². The highest BCUT2D eigenvalue weighted by atomic mass is 32.2. The third-order valence-electron chi connectivity index (χ3n) is 2.74. The summed E-state index contributed by atoms with van der Waals surface area (Å²) in [5.74, 6) is 0.785. The molecule has 2 rings (SSSR count). The fourth-order valence-corrected chi connectivity index (χ4v) is 2.87. The molecular formula is C13H16O3S. The van der Waals surface area contributed by atoms with E-state index >= 15 is 0 Å². The quantitative estimate of drug-likeness (QED) is 0.878. The second-order valence-electron chi connectivity index (χ2n) is 4.77. The first-order chi connectivity index (χ1) is 7.93. The number of thioether (sulfide) groups is 1. The van der Waals surface area contributed by atoms with Crippen LogP contribution in [0, 0.1) is 0 Å². The van der Waals surface area contributed by atoms with Crippen molar-refractivity contribution in [3.63, 3.8) is 0 Å². The van der Waals surface area contributed by atoms with Crippen LogP contribution in [0.3, 0.4) is 0 Å². The van der Waals surface area contributed by atoms with Crippen molar-refractivity contribution < 1.29 is 14.6 Å². The normalized spacial score (nSPS) is 17.1. The fraction of sp³-hybridized carbons (Fsp3) is 0.462. The van der Waals surface area contributed by atoms with Gasteiger partial charge in [0, 0.05) is 5.75 Å². The van der Waals surface area contributed by atoms with Gasteiger partial charge in [-0.05, 0) is 38.0 Å². The molecule has 4 heteroatoms. The molecule has 1 N–H and O–H groups in total. The second kappa shape index (κ2) is 4.26. The van der Waals surface area contributed by atoms with Gasteiger partial charge in [-0.3, -0.25) is 0 Å². The maximum absolute atomic E-state index is 11.1. The van der Waals surface area contributed by atoms with E-state index in [4.69, 9.17) is 9.84 Å². The number of carbonyl (C=O) groups is 1. The van der Waals surface area contributed by atoms with Gasteiger partial charge in [-0.2, -0.15) is 0 Å². The van der Waals surface area contributed by atoms with Gasteiger partial charge in [-0.15, -0.1) is 11.8 Å². The van der Waals surface area contributed by atoms with E-state index < -0.39 is 5.97 Å². The van der Waals surface area contributed by atoms with Crippen molar-refractivity contribution in [3.8, 4) is 5.75 Å². The molecule has 0 atom stereocenters. The third-order valence-corrected chi connectivity index (χ3v) is 4.21. The van der Waals surface area contributed by atoms with Crippen molar-refractivity contribution in [2.75, 3.05) is 5.75 Å². The number of rotatable bonds is 2. The van der Waals surface area contributed by atoms with Crippen LogP contribution in [0.15, 0.2) is 17.0 Å². The van der Waals surface area contributed by atoms with Crippen molar-refractivity contribution in [2.45, 2.75) is 37.7 Å². The molecule has 1 aromatic carbocycles. The lowest BCUT2D eigenvalue weighted by Gasteiger charge is -2.32. The number of aryl methyl sites for hydroxylation is 1. The maximum atomic E-state index is 11.1. The highest BCUT2D eigenvalue weighted by Gasteiger charge is 2.28. The number of aromatic carboxylic acids is 1. The van der Waals surface area contributed by atoms with Crippen molar-refractivity contribution in [1.82, 2.24) is 0 Å². The van der Waals surface area contributed by atoms with Gasteiger partial charge in [-0.25, -0.2) is 4.79 Å². The predicted molar refractivity (Wildman–Crippen MR) is 68.2 cm³/mol. The second-order valence-corrected chi connectivity index (χ2v) is 5.78. The van der Waals surface area contributed by atoms with Gasteiger partial charge < -0.3 is 9.84 Å². The lowest BCUT2D eigenvalue weighted by Crippen LogP contribution is -2.34. The highest BCUT2D eigenvalue weighted by molar-refractivity contribution is 7.99. The van der Waals surface area contributed by atoms with Crippen molar-refractivity contribution in [3.05, 3.63) is 23.3 Å². The van der Waals surface area contributed by atoms with Crippen LogP contribution in [-0.2, 0) is 6.42 Å². The first-order valence-electron chi connectivity index (χ1n) is 5.65. The summed E-state index contributed by atoms with van der Waals surface area (Å²) in [6, 6.07) is 3.60. The molecule has 0 saturated carbocycles. The summed E-state index contributed by atoms with van der Waals surface area (Å²) in [4.78, 5) is 12.1. The molecule has 1 aliphatic rings. The van der Waals surface area contributed by atoms with Crippen LogP contribution >= 0.6 is 11.8 Å². The Morgan fingerprint density at radius 1 is 1.53 bits per heavy atom. The van der Waals surface area contributed by atoms with Gasteiger partial charge in [0.15, 0.2) is 0 Å². The first kappa shape index (κ1) is 12.3. The average molecular weight is 252 g/mol. The Kier molecular flexibility index (Phi) is 3.08. The summed E-state index contributed by atoms with van der Waals surface area (Å²) < 4.78 is 5.88. The first-order valence-corrected chi connectivity index (χ1v) is 6.63. The Morgan fingerprint density at radius 2 is 2.24 bits per heavy atom. The summed E-state index contributed by atoms with van der Waals surface area (Å²) in [6.07, 6.45) is 0.698. The van der Waals surface area contributed by atoms with Gasteiger partial charge in [-0.1, -0.05) is 6.92 Å². The van der Waals surface area contributed by atoms with Crippen LogP contribution < -0.4 is 4.74 Å². The molecule has 0 bridgehead atoms. The van der Waals surface area contributed by atoms with E-state index in [9.17, 15) is 4.79 Å². The van der Waals surface area contributed by atoms with Crippen LogP contribution in [0.4, 0.5) is 0 Å². The smallest absolute Gasteiger partial charge is 0.336 e. The topological polar surface area (TPSA) is 46.5 Å². The Balaban J connectivity index is 2.48. The van der Waals surface area contributed by atoms with E-state index in [-0.39, 0.29) is 5.60 Å². The highest BCUT2D eigenvalue weighted by Crippen LogP contribution is 2.40. The molecule has 0 amide bonds. The number of benzene rings is 1. The minimum Gasteiger partial charge on any atom is -0.486 e. The molecule has 0 saturated heterocycles. The monoisotopic (exact) mass is 252 g/mol. The largest absolute Gasteiger partial charge is 0.486 e. The molecule has 1 heterocycles. The van der Waals surface area contributed by atoms with E-state index in [1.54, 1.807) is 17.8 Å².